The molecule has 1 aromatic carbocycles. The summed E-state index contributed by atoms with van der Waals surface area (Å²) in [6, 6.07) is 7.98. The SMILES string of the molecule is CC(=O)O[C@@H]1[C@H]2C[C@H]3O[C@@H]1C[C@H]([C@H]3I)N2S(=O)(=O)c1ccccc1. The Labute approximate surface area is 154 Å². The summed E-state index contributed by atoms with van der Waals surface area (Å²) < 4.78 is 39.6. The summed E-state index contributed by atoms with van der Waals surface area (Å²) in [6.07, 6.45) is 0.400. The predicted molar refractivity (Wildman–Crippen MR) is 94.3 cm³/mol. The molecule has 4 fully saturated rings. The number of halogens is 1. The Balaban J connectivity index is 1.75. The molecule has 4 bridgehead atoms. The van der Waals surface area contributed by atoms with Gasteiger partial charge in [0.1, 0.15) is 6.10 Å². The third-order valence-electron chi connectivity index (χ3n) is 5.04. The monoisotopic (exact) mass is 463 g/mol. The Morgan fingerprint density at radius 1 is 1.21 bits per heavy atom. The molecule has 0 unspecified atom stereocenters. The summed E-state index contributed by atoms with van der Waals surface area (Å²) in [6.45, 7) is 1.35. The van der Waals surface area contributed by atoms with Crippen LogP contribution in [0.2, 0.25) is 0 Å². The van der Waals surface area contributed by atoms with Gasteiger partial charge >= 0.3 is 5.97 Å². The number of esters is 1. The summed E-state index contributed by atoms with van der Waals surface area (Å²) in [5.74, 6) is -0.404. The Morgan fingerprint density at radius 2 is 1.88 bits per heavy atom. The molecule has 0 spiro atoms. The van der Waals surface area contributed by atoms with E-state index in [1.807, 2.05) is 0 Å². The van der Waals surface area contributed by atoms with Crippen LogP contribution in [0.4, 0.5) is 0 Å². The molecule has 4 aliphatic rings. The van der Waals surface area contributed by atoms with Gasteiger partial charge in [0, 0.05) is 13.0 Å². The van der Waals surface area contributed by atoms with Crippen molar-refractivity contribution in [3.8, 4) is 0 Å². The standard InChI is InChI=1S/C16H18INO5S/c1-9(19)22-16-12-8-13-15(17)11(7-14(16)23-13)18(12)24(20,21)10-5-3-2-4-6-10/h2-6,11-16H,7-8H2,1H3/t11-,12-,13-,14-,15-,16-/m1/s1. The van der Waals surface area contributed by atoms with Crippen LogP contribution in [0.15, 0.2) is 35.2 Å². The molecular formula is C16H18INO5S. The van der Waals surface area contributed by atoms with Gasteiger partial charge in [0.05, 0.1) is 27.1 Å². The number of carbonyl (C=O) groups is 1. The number of piperidine rings is 2. The molecule has 0 N–H and O–H groups in total. The predicted octanol–water partition coefficient (Wildman–Crippen LogP) is 1.72. The Morgan fingerprint density at radius 3 is 2.54 bits per heavy atom. The van der Waals surface area contributed by atoms with Crippen molar-refractivity contribution in [2.75, 3.05) is 0 Å². The summed E-state index contributed by atoms with van der Waals surface area (Å²) in [5, 5.41) is 0. The van der Waals surface area contributed by atoms with E-state index < -0.39 is 22.1 Å². The first kappa shape index (κ1) is 16.7. The summed E-state index contributed by atoms with van der Waals surface area (Å²) in [5.41, 5.74) is 0. The van der Waals surface area contributed by atoms with Crippen molar-refractivity contribution in [2.24, 2.45) is 0 Å². The number of alkyl halides is 1. The number of ether oxygens (including phenoxy) is 2. The molecule has 6 nitrogen and oxygen atoms in total. The van der Waals surface area contributed by atoms with Crippen LogP contribution < -0.4 is 0 Å². The third-order valence-corrected chi connectivity index (χ3v) is 8.64. The lowest BCUT2D eigenvalue weighted by molar-refractivity contribution is -0.222. The number of carbonyl (C=O) groups excluding carboxylic acids is 1. The molecule has 0 aliphatic carbocycles. The van der Waals surface area contributed by atoms with Gasteiger partial charge in [0.25, 0.3) is 0 Å². The number of sulfonamides is 1. The Hall–Kier alpha value is -0.710. The quantitative estimate of drug-likeness (QED) is 0.388. The van der Waals surface area contributed by atoms with Crippen LogP contribution in [0.1, 0.15) is 19.8 Å². The van der Waals surface area contributed by atoms with Gasteiger partial charge in [-0.3, -0.25) is 4.79 Å². The highest BCUT2D eigenvalue weighted by Crippen LogP contribution is 2.48. The smallest absolute Gasteiger partial charge is 0.303 e. The number of rotatable bonds is 3. The van der Waals surface area contributed by atoms with Gasteiger partial charge in [-0.25, -0.2) is 8.42 Å². The molecule has 4 heterocycles. The maximum absolute atomic E-state index is 13.2. The normalized spacial score (nSPS) is 38.2. The zero-order chi connectivity index (χ0) is 17.1. The van der Waals surface area contributed by atoms with Gasteiger partial charge in [0.2, 0.25) is 10.0 Å². The van der Waals surface area contributed by atoms with E-state index in [2.05, 4.69) is 22.6 Å². The van der Waals surface area contributed by atoms with E-state index >= 15 is 0 Å². The zero-order valence-electron chi connectivity index (χ0n) is 13.0. The molecular weight excluding hydrogens is 445 g/mol. The molecule has 8 heteroatoms. The summed E-state index contributed by atoms with van der Waals surface area (Å²) in [4.78, 5) is 11.8. The molecule has 24 heavy (non-hydrogen) atoms. The van der Waals surface area contributed by atoms with Crippen LogP contribution in [-0.4, -0.2) is 53.0 Å². The number of hydrogen-bond donors (Lipinski definition) is 0. The first-order chi connectivity index (χ1) is 11.4. The fourth-order valence-electron chi connectivity index (χ4n) is 4.14. The lowest BCUT2D eigenvalue weighted by Gasteiger charge is -2.59. The molecule has 4 saturated heterocycles. The maximum Gasteiger partial charge on any atom is 0.303 e. The lowest BCUT2D eigenvalue weighted by atomic mass is 9.78. The van der Waals surface area contributed by atoms with Crippen molar-refractivity contribution in [2.45, 2.75) is 59.0 Å². The van der Waals surface area contributed by atoms with Crippen LogP contribution in [-0.2, 0) is 24.3 Å². The Kier molecular flexibility index (Phi) is 4.13. The summed E-state index contributed by atoms with van der Waals surface area (Å²) >= 11 is 2.29. The molecule has 0 saturated carbocycles. The summed E-state index contributed by atoms with van der Waals surface area (Å²) in [7, 11) is -3.64. The number of nitrogens with zero attached hydrogens (tertiary/aromatic N) is 1. The first-order valence-electron chi connectivity index (χ1n) is 7.95. The lowest BCUT2D eigenvalue weighted by Crippen LogP contribution is -2.74. The zero-order valence-corrected chi connectivity index (χ0v) is 16.0. The fraction of sp³-hybridized carbons (Fsp3) is 0.562. The van der Waals surface area contributed by atoms with Crippen molar-refractivity contribution >= 4 is 38.6 Å². The van der Waals surface area contributed by atoms with Crippen molar-refractivity contribution < 1.29 is 22.7 Å². The number of hydrogen-bond acceptors (Lipinski definition) is 5. The van der Waals surface area contributed by atoms with Crippen molar-refractivity contribution in [3.63, 3.8) is 0 Å². The molecule has 5 rings (SSSR count). The second-order valence-electron chi connectivity index (χ2n) is 6.49. The molecule has 1 aromatic rings. The highest BCUT2D eigenvalue weighted by Gasteiger charge is 2.61. The van der Waals surface area contributed by atoms with Crippen molar-refractivity contribution in [1.29, 1.82) is 0 Å². The minimum absolute atomic E-state index is 0.0216. The van der Waals surface area contributed by atoms with E-state index in [0.29, 0.717) is 12.8 Å². The van der Waals surface area contributed by atoms with Gasteiger partial charge in [-0.1, -0.05) is 40.8 Å². The fourth-order valence-corrected chi connectivity index (χ4v) is 7.35. The molecule has 0 aromatic heterocycles. The molecule has 130 valence electrons. The molecule has 6 atom stereocenters. The van der Waals surface area contributed by atoms with Gasteiger partial charge in [-0.15, -0.1) is 0 Å². The van der Waals surface area contributed by atoms with E-state index in [-0.39, 0.29) is 33.1 Å². The maximum atomic E-state index is 13.2. The third kappa shape index (κ3) is 2.49. The molecule has 4 aliphatic heterocycles. The van der Waals surface area contributed by atoms with E-state index in [9.17, 15) is 13.2 Å². The average molecular weight is 463 g/mol. The van der Waals surface area contributed by atoms with Gasteiger partial charge in [-0.2, -0.15) is 4.31 Å². The van der Waals surface area contributed by atoms with Crippen molar-refractivity contribution in [1.82, 2.24) is 4.31 Å². The van der Waals surface area contributed by atoms with E-state index in [1.165, 1.54) is 6.92 Å². The van der Waals surface area contributed by atoms with Gasteiger partial charge in [0.15, 0.2) is 0 Å². The van der Waals surface area contributed by atoms with E-state index in [1.54, 1.807) is 34.6 Å². The van der Waals surface area contributed by atoms with Crippen LogP contribution >= 0.6 is 22.6 Å². The van der Waals surface area contributed by atoms with E-state index in [0.717, 1.165) is 0 Å². The van der Waals surface area contributed by atoms with Gasteiger partial charge < -0.3 is 9.47 Å². The minimum Gasteiger partial charge on any atom is -0.458 e. The van der Waals surface area contributed by atoms with Crippen molar-refractivity contribution in [3.05, 3.63) is 30.3 Å². The average Bonchev–Trinajstić information content (AvgIpc) is 2.53. The van der Waals surface area contributed by atoms with Crippen LogP contribution in [0.5, 0.6) is 0 Å². The van der Waals surface area contributed by atoms with Crippen LogP contribution in [0, 0.1) is 0 Å². The van der Waals surface area contributed by atoms with E-state index in [4.69, 9.17) is 9.47 Å². The largest absolute Gasteiger partial charge is 0.458 e. The second kappa shape index (κ2) is 5.93. The molecule has 0 amide bonds. The topological polar surface area (TPSA) is 72.9 Å². The highest BCUT2D eigenvalue weighted by atomic mass is 127. The minimum atomic E-state index is -3.64. The Bertz CT molecular complexity index is 755. The van der Waals surface area contributed by atoms with Crippen LogP contribution in [0.25, 0.3) is 0 Å². The first-order valence-corrected chi connectivity index (χ1v) is 10.6. The highest BCUT2D eigenvalue weighted by molar-refractivity contribution is 14.1. The number of benzene rings is 1. The van der Waals surface area contributed by atoms with Crippen LogP contribution in [0.3, 0.4) is 0 Å². The van der Waals surface area contributed by atoms with Gasteiger partial charge in [-0.05, 0) is 25.0 Å². The second-order valence-corrected chi connectivity index (χ2v) is 9.77. The molecule has 0 radical (unpaired) electrons.